The first kappa shape index (κ1) is 19.7. The predicted molar refractivity (Wildman–Crippen MR) is 116 cm³/mol. The average molecular weight is 420 g/mol. The monoisotopic (exact) mass is 420 g/mol. The van der Waals surface area contributed by atoms with Gasteiger partial charge in [-0.05, 0) is 18.6 Å². The number of H-pyrrole nitrogens is 1. The van der Waals surface area contributed by atoms with E-state index in [1.54, 1.807) is 19.6 Å². The first-order chi connectivity index (χ1) is 15.3. The summed E-state index contributed by atoms with van der Waals surface area (Å²) in [5.74, 6) is 0.811. The second-order valence-corrected chi connectivity index (χ2v) is 7.38. The van der Waals surface area contributed by atoms with Crippen LogP contribution in [0.25, 0.3) is 33.2 Å². The van der Waals surface area contributed by atoms with Gasteiger partial charge in [0.25, 0.3) is 0 Å². The summed E-state index contributed by atoms with van der Waals surface area (Å²) in [5.41, 5.74) is 3.28. The van der Waals surface area contributed by atoms with Crippen molar-refractivity contribution >= 4 is 21.9 Å². The van der Waals surface area contributed by atoms with Gasteiger partial charge in [-0.15, -0.1) is 0 Å². The highest BCUT2D eigenvalue weighted by Gasteiger charge is 2.14. The van der Waals surface area contributed by atoms with Crippen LogP contribution in [-0.4, -0.2) is 76.4 Å². The van der Waals surface area contributed by atoms with Gasteiger partial charge in [-0.25, -0.2) is 15.0 Å². The van der Waals surface area contributed by atoms with Gasteiger partial charge in [0.15, 0.2) is 0 Å². The highest BCUT2D eigenvalue weighted by Crippen LogP contribution is 2.32. The molecule has 1 N–H and O–H groups in total. The number of fused-ring (bicyclic) bond motifs is 2. The Kier molecular flexibility index (Phi) is 5.59. The van der Waals surface area contributed by atoms with Crippen molar-refractivity contribution in [2.24, 2.45) is 0 Å². The van der Waals surface area contributed by atoms with Crippen molar-refractivity contribution < 1.29 is 14.2 Å². The van der Waals surface area contributed by atoms with Crippen molar-refractivity contribution in [3.63, 3.8) is 0 Å². The molecule has 1 aliphatic heterocycles. The molecule has 0 amide bonds. The number of methoxy groups -OCH3 is 1. The Bertz CT molecular complexity index is 1190. The third kappa shape index (κ3) is 4.14. The number of hydrogen-bond donors (Lipinski definition) is 1. The normalized spacial score (nSPS) is 14.9. The van der Waals surface area contributed by atoms with Gasteiger partial charge >= 0.3 is 6.01 Å². The van der Waals surface area contributed by atoms with Crippen molar-refractivity contribution in [2.45, 2.75) is 6.42 Å². The van der Waals surface area contributed by atoms with Crippen molar-refractivity contribution in [1.29, 1.82) is 0 Å². The molecule has 1 aromatic carbocycles. The lowest BCUT2D eigenvalue weighted by atomic mass is 10.1. The maximum absolute atomic E-state index is 5.97. The zero-order valence-corrected chi connectivity index (χ0v) is 17.4. The van der Waals surface area contributed by atoms with Gasteiger partial charge in [0.1, 0.15) is 17.7 Å². The molecule has 1 aliphatic rings. The third-order valence-corrected chi connectivity index (χ3v) is 5.45. The van der Waals surface area contributed by atoms with Gasteiger partial charge in [-0.2, -0.15) is 4.98 Å². The zero-order valence-electron chi connectivity index (χ0n) is 17.4. The summed E-state index contributed by atoms with van der Waals surface area (Å²) in [6, 6.07) is 6.26. The molecular weight excluding hydrogens is 396 g/mol. The molecule has 9 nitrogen and oxygen atoms in total. The van der Waals surface area contributed by atoms with Gasteiger partial charge in [-0.1, -0.05) is 0 Å². The predicted octanol–water partition coefficient (Wildman–Crippen LogP) is 2.68. The fourth-order valence-electron chi connectivity index (χ4n) is 3.83. The Morgan fingerprint density at radius 3 is 2.90 bits per heavy atom. The molecule has 1 saturated heterocycles. The van der Waals surface area contributed by atoms with Crippen LogP contribution in [0, 0.1) is 0 Å². The smallest absolute Gasteiger partial charge is 0.318 e. The Morgan fingerprint density at radius 2 is 2.03 bits per heavy atom. The van der Waals surface area contributed by atoms with Gasteiger partial charge < -0.3 is 19.2 Å². The quantitative estimate of drug-likeness (QED) is 0.456. The number of benzene rings is 1. The van der Waals surface area contributed by atoms with E-state index < -0.39 is 0 Å². The average Bonchev–Trinajstić information content (AvgIpc) is 3.25. The molecule has 0 aliphatic carbocycles. The molecular formula is C22H24N6O3. The highest BCUT2D eigenvalue weighted by molar-refractivity contribution is 6.01. The topological polar surface area (TPSA) is 98.3 Å². The Morgan fingerprint density at radius 1 is 1.13 bits per heavy atom. The fraction of sp³-hybridized carbons (Fsp3) is 0.364. The summed E-state index contributed by atoms with van der Waals surface area (Å²) in [7, 11) is 1.55. The molecule has 160 valence electrons. The second kappa shape index (κ2) is 8.83. The maximum Gasteiger partial charge on any atom is 0.318 e. The molecule has 0 saturated carbocycles. The van der Waals surface area contributed by atoms with Crippen molar-refractivity contribution in [1.82, 2.24) is 29.8 Å². The minimum Gasteiger partial charge on any atom is -0.493 e. The van der Waals surface area contributed by atoms with Crippen LogP contribution in [-0.2, 0) is 4.74 Å². The summed E-state index contributed by atoms with van der Waals surface area (Å²) < 4.78 is 16.5. The van der Waals surface area contributed by atoms with E-state index in [1.165, 1.54) is 0 Å². The summed E-state index contributed by atoms with van der Waals surface area (Å²) >= 11 is 0. The fourth-order valence-corrected chi connectivity index (χ4v) is 3.83. The summed E-state index contributed by atoms with van der Waals surface area (Å²) in [6.45, 7) is 5.34. The molecule has 5 rings (SSSR count). The molecule has 3 aromatic heterocycles. The SMILES string of the molecule is COc1ncc2c(-c3ncnc4cc(OCCCN5CCOCC5)ccc34)c[nH]c2n1. The van der Waals surface area contributed by atoms with Crippen LogP contribution in [0.5, 0.6) is 11.8 Å². The minimum absolute atomic E-state index is 0.323. The van der Waals surface area contributed by atoms with E-state index in [2.05, 4.69) is 29.8 Å². The molecule has 0 unspecified atom stereocenters. The van der Waals surface area contributed by atoms with E-state index in [4.69, 9.17) is 14.2 Å². The first-order valence-electron chi connectivity index (χ1n) is 10.4. The molecule has 0 atom stereocenters. The number of aromatic amines is 1. The van der Waals surface area contributed by atoms with E-state index >= 15 is 0 Å². The Hall–Kier alpha value is -3.30. The summed E-state index contributed by atoms with van der Waals surface area (Å²) in [5, 5.41) is 1.82. The molecule has 4 heterocycles. The highest BCUT2D eigenvalue weighted by atomic mass is 16.5. The van der Waals surface area contributed by atoms with E-state index in [0.717, 1.165) is 72.6 Å². The lowest BCUT2D eigenvalue weighted by Gasteiger charge is -2.26. The van der Waals surface area contributed by atoms with E-state index in [0.29, 0.717) is 18.3 Å². The minimum atomic E-state index is 0.323. The van der Waals surface area contributed by atoms with Gasteiger partial charge in [0.05, 0.1) is 38.1 Å². The number of nitrogens with one attached hydrogen (secondary N) is 1. The first-order valence-corrected chi connectivity index (χ1v) is 10.4. The number of ether oxygens (including phenoxy) is 3. The zero-order chi connectivity index (χ0) is 21.0. The van der Waals surface area contributed by atoms with E-state index in [9.17, 15) is 0 Å². The van der Waals surface area contributed by atoms with Crippen LogP contribution in [0.3, 0.4) is 0 Å². The molecule has 31 heavy (non-hydrogen) atoms. The molecule has 0 bridgehead atoms. The number of rotatable bonds is 7. The van der Waals surface area contributed by atoms with Crippen molar-refractivity contribution in [3.8, 4) is 23.0 Å². The van der Waals surface area contributed by atoms with Crippen molar-refractivity contribution in [3.05, 3.63) is 36.9 Å². The second-order valence-electron chi connectivity index (χ2n) is 7.38. The van der Waals surface area contributed by atoms with Crippen LogP contribution in [0.1, 0.15) is 6.42 Å². The lowest BCUT2D eigenvalue weighted by Crippen LogP contribution is -2.37. The Labute approximate surface area is 179 Å². The molecule has 9 heteroatoms. The summed E-state index contributed by atoms with van der Waals surface area (Å²) in [6.07, 6.45) is 6.18. The molecule has 1 fully saturated rings. The molecule has 0 radical (unpaired) electrons. The van der Waals surface area contributed by atoms with E-state index in [-0.39, 0.29) is 0 Å². The third-order valence-electron chi connectivity index (χ3n) is 5.45. The maximum atomic E-state index is 5.97. The lowest BCUT2D eigenvalue weighted by molar-refractivity contribution is 0.0358. The van der Waals surface area contributed by atoms with Crippen LogP contribution in [0.4, 0.5) is 0 Å². The van der Waals surface area contributed by atoms with Gasteiger partial charge in [0.2, 0.25) is 0 Å². The van der Waals surface area contributed by atoms with Crippen LogP contribution < -0.4 is 9.47 Å². The van der Waals surface area contributed by atoms with Gasteiger partial charge in [0, 0.05) is 54.4 Å². The number of morpholine rings is 1. The largest absolute Gasteiger partial charge is 0.493 e. The summed E-state index contributed by atoms with van der Waals surface area (Å²) in [4.78, 5) is 23.1. The standard InChI is InChI=1S/C22H24N6O3/c1-29-22-24-13-18-17(12-23-21(18)27-22)20-16-4-3-15(11-19(16)25-14-26-20)31-8-2-5-28-6-9-30-10-7-28/h3-4,11-14H,2,5-10H2,1H3,(H,23,24,27). The number of aromatic nitrogens is 5. The number of nitrogens with zero attached hydrogens (tertiary/aromatic N) is 5. The number of hydrogen-bond acceptors (Lipinski definition) is 8. The Balaban J connectivity index is 1.33. The molecule has 4 aromatic rings. The molecule has 0 spiro atoms. The van der Waals surface area contributed by atoms with Crippen LogP contribution >= 0.6 is 0 Å². The van der Waals surface area contributed by atoms with Gasteiger partial charge in [-0.3, -0.25) is 4.90 Å². The van der Waals surface area contributed by atoms with Crippen molar-refractivity contribution in [2.75, 3.05) is 46.6 Å². The van der Waals surface area contributed by atoms with E-state index in [1.807, 2.05) is 24.4 Å². The van der Waals surface area contributed by atoms with Crippen LogP contribution in [0.15, 0.2) is 36.9 Å². The van der Waals surface area contributed by atoms with Crippen LogP contribution in [0.2, 0.25) is 0 Å².